The Kier molecular flexibility index (Phi) is 5.32. The average Bonchev–Trinajstić information content (AvgIpc) is 2.90. The molecule has 114 valence electrons. The molecule has 2 heterocycles. The Morgan fingerprint density at radius 2 is 2.24 bits per heavy atom. The quantitative estimate of drug-likeness (QED) is 0.835. The maximum atomic E-state index is 12.1. The maximum absolute atomic E-state index is 12.1. The van der Waals surface area contributed by atoms with Crippen LogP contribution in [0.1, 0.15) is 18.5 Å². The van der Waals surface area contributed by atoms with Crippen molar-refractivity contribution in [1.82, 2.24) is 15.2 Å². The van der Waals surface area contributed by atoms with E-state index in [0.29, 0.717) is 37.6 Å². The van der Waals surface area contributed by atoms with Gasteiger partial charge in [0.2, 0.25) is 5.91 Å². The molecule has 7 heteroatoms. The molecular weight excluding hydrogens is 288 g/mol. The highest BCUT2D eigenvalue weighted by molar-refractivity contribution is 7.13. The topological polar surface area (TPSA) is 74.3 Å². The first-order chi connectivity index (χ1) is 10.1. The summed E-state index contributed by atoms with van der Waals surface area (Å²) in [6.45, 7) is 7.11. The summed E-state index contributed by atoms with van der Waals surface area (Å²) in [6.07, 6.45) is 3.00. The Balaban J connectivity index is 1.79. The number of hydrogen-bond acceptors (Lipinski definition) is 4. The van der Waals surface area contributed by atoms with Crippen molar-refractivity contribution in [2.45, 2.75) is 19.8 Å². The lowest BCUT2D eigenvalue weighted by Crippen LogP contribution is -2.46. The van der Waals surface area contributed by atoms with Gasteiger partial charge in [0.25, 0.3) is 0 Å². The van der Waals surface area contributed by atoms with E-state index in [0.717, 1.165) is 5.69 Å². The average molecular weight is 308 g/mol. The van der Waals surface area contributed by atoms with Crippen LogP contribution in [0.3, 0.4) is 0 Å². The van der Waals surface area contributed by atoms with Gasteiger partial charge < -0.3 is 15.5 Å². The second kappa shape index (κ2) is 7.21. The molecule has 1 saturated heterocycles. The van der Waals surface area contributed by atoms with Gasteiger partial charge in [-0.3, -0.25) is 4.79 Å². The van der Waals surface area contributed by atoms with Crippen LogP contribution in [0.15, 0.2) is 18.0 Å². The zero-order valence-corrected chi connectivity index (χ0v) is 12.9. The molecule has 0 spiro atoms. The monoisotopic (exact) mass is 308 g/mol. The van der Waals surface area contributed by atoms with Crippen molar-refractivity contribution in [2.75, 3.05) is 25.0 Å². The van der Waals surface area contributed by atoms with Gasteiger partial charge in [0.1, 0.15) is 0 Å². The number of anilines is 1. The van der Waals surface area contributed by atoms with E-state index in [1.807, 2.05) is 12.3 Å². The highest BCUT2D eigenvalue weighted by Gasteiger charge is 2.27. The summed E-state index contributed by atoms with van der Waals surface area (Å²) in [7, 11) is 0. The van der Waals surface area contributed by atoms with Gasteiger partial charge in [0.15, 0.2) is 5.13 Å². The molecule has 0 saturated carbocycles. The summed E-state index contributed by atoms with van der Waals surface area (Å²) in [5.41, 5.74) is 0.906. The molecule has 0 radical (unpaired) electrons. The second-order valence-electron chi connectivity index (χ2n) is 5.02. The van der Waals surface area contributed by atoms with Crippen LogP contribution in [0.2, 0.25) is 0 Å². The van der Waals surface area contributed by atoms with Crippen LogP contribution in [0.25, 0.3) is 0 Å². The molecule has 2 rings (SSSR count). The van der Waals surface area contributed by atoms with E-state index in [-0.39, 0.29) is 17.9 Å². The lowest BCUT2D eigenvalue weighted by molar-refractivity contribution is -0.121. The zero-order valence-electron chi connectivity index (χ0n) is 12.1. The summed E-state index contributed by atoms with van der Waals surface area (Å²) in [6, 6.07) is -0.0932. The van der Waals surface area contributed by atoms with E-state index in [1.165, 1.54) is 11.3 Å². The fourth-order valence-corrected chi connectivity index (χ4v) is 2.93. The predicted octanol–water partition coefficient (Wildman–Crippen LogP) is 2.00. The highest BCUT2D eigenvalue weighted by atomic mass is 32.1. The number of rotatable bonds is 4. The normalized spacial score (nSPS) is 15.6. The lowest BCUT2D eigenvalue weighted by atomic mass is 9.96. The van der Waals surface area contributed by atoms with Crippen LogP contribution in [0.5, 0.6) is 0 Å². The molecule has 0 unspecified atom stereocenters. The van der Waals surface area contributed by atoms with Gasteiger partial charge >= 0.3 is 6.03 Å². The number of likely N-dealkylation sites (tertiary alicyclic amines) is 1. The highest BCUT2D eigenvalue weighted by Crippen LogP contribution is 2.21. The zero-order chi connectivity index (χ0) is 15.2. The summed E-state index contributed by atoms with van der Waals surface area (Å²) in [5, 5.41) is 8.14. The van der Waals surface area contributed by atoms with Crippen LogP contribution < -0.4 is 10.6 Å². The number of piperidine rings is 1. The number of nitrogens with one attached hydrogen (secondary N) is 2. The fourth-order valence-electron chi connectivity index (χ4n) is 2.23. The molecule has 0 aromatic carbocycles. The smallest absolute Gasteiger partial charge is 0.317 e. The number of urea groups is 1. The van der Waals surface area contributed by atoms with Crippen molar-refractivity contribution < 1.29 is 9.59 Å². The summed E-state index contributed by atoms with van der Waals surface area (Å²) < 4.78 is 0. The third kappa shape index (κ3) is 4.29. The molecule has 6 nitrogen and oxygen atoms in total. The van der Waals surface area contributed by atoms with Gasteiger partial charge in [0, 0.05) is 30.9 Å². The van der Waals surface area contributed by atoms with E-state index in [2.05, 4.69) is 22.2 Å². The Labute approximate surface area is 128 Å². The molecule has 0 bridgehead atoms. The minimum Gasteiger partial charge on any atom is -0.335 e. The molecule has 1 aromatic heterocycles. The number of nitrogens with zero attached hydrogens (tertiary/aromatic N) is 2. The van der Waals surface area contributed by atoms with Crippen molar-refractivity contribution in [3.05, 3.63) is 23.7 Å². The maximum Gasteiger partial charge on any atom is 0.317 e. The third-order valence-corrected chi connectivity index (χ3v) is 4.28. The first kappa shape index (κ1) is 15.5. The molecule has 1 fully saturated rings. The number of carbonyl (C=O) groups excluding carboxylic acids is 2. The van der Waals surface area contributed by atoms with Crippen LogP contribution in [0.4, 0.5) is 9.93 Å². The van der Waals surface area contributed by atoms with Gasteiger partial charge in [0.05, 0.1) is 5.69 Å². The van der Waals surface area contributed by atoms with Gasteiger partial charge in [-0.2, -0.15) is 0 Å². The van der Waals surface area contributed by atoms with E-state index in [1.54, 1.807) is 11.0 Å². The number of aromatic nitrogens is 1. The van der Waals surface area contributed by atoms with Gasteiger partial charge in [-0.15, -0.1) is 17.9 Å². The van der Waals surface area contributed by atoms with Gasteiger partial charge in [-0.25, -0.2) is 9.78 Å². The third-order valence-electron chi connectivity index (χ3n) is 3.40. The van der Waals surface area contributed by atoms with E-state index in [4.69, 9.17) is 0 Å². The molecule has 1 aromatic rings. The largest absolute Gasteiger partial charge is 0.335 e. The number of thiazole rings is 1. The molecule has 0 aliphatic carbocycles. The van der Waals surface area contributed by atoms with Crippen molar-refractivity contribution in [3.8, 4) is 0 Å². The van der Waals surface area contributed by atoms with Gasteiger partial charge in [-0.1, -0.05) is 6.08 Å². The van der Waals surface area contributed by atoms with Crippen molar-refractivity contribution in [3.63, 3.8) is 0 Å². The number of amides is 3. The van der Waals surface area contributed by atoms with Gasteiger partial charge in [-0.05, 0) is 19.8 Å². The van der Waals surface area contributed by atoms with Crippen molar-refractivity contribution in [1.29, 1.82) is 0 Å². The predicted molar refractivity (Wildman–Crippen MR) is 83.4 cm³/mol. The first-order valence-corrected chi connectivity index (χ1v) is 7.84. The molecule has 1 aliphatic heterocycles. The second-order valence-corrected chi connectivity index (χ2v) is 5.88. The molecule has 0 atom stereocenters. The lowest BCUT2D eigenvalue weighted by Gasteiger charge is -2.31. The van der Waals surface area contributed by atoms with Crippen molar-refractivity contribution in [2.24, 2.45) is 5.92 Å². The van der Waals surface area contributed by atoms with Crippen LogP contribution in [-0.2, 0) is 4.79 Å². The standard InChI is InChI=1S/C14H20N4O2S/c1-3-6-15-14(20)18-7-4-11(5-8-18)12(19)17-13-16-10(2)9-21-13/h3,9,11H,1,4-8H2,2H3,(H,15,20)(H,16,17,19). The first-order valence-electron chi connectivity index (χ1n) is 6.97. The molecule has 2 N–H and O–H groups in total. The number of carbonyl (C=O) groups is 2. The molecule has 3 amide bonds. The van der Waals surface area contributed by atoms with E-state index < -0.39 is 0 Å². The van der Waals surface area contributed by atoms with Crippen LogP contribution in [0, 0.1) is 12.8 Å². The Bertz CT molecular complexity index is 521. The Hall–Kier alpha value is -1.89. The van der Waals surface area contributed by atoms with E-state index in [9.17, 15) is 9.59 Å². The summed E-state index contributed by atoms with van der Waals surface area (Å²) in [4.78, 5) is 29.9. The Morgan fingerprint density at radius 3 is 2.81 bits per heavy atom. The minimum absolute atomic E-state index is 0.00417. The summed E-state index contributed by atoms with van der Waals surface area (Å²) in [5.74, 6) is -0.0619. The van der Waals surface area contributed by atoms with Crippen LogP contribution in [-0.4, -0.2) is 41.5 Å². The minimum atomic E-state index is -0.0932. The summed E-state index contributed by atoms with van der Waals surface area (Å²) >= 11 is 1.43. The van der Waals surface area contributed by atoms with Crippen molar-refractivity contribution >= 4 is 28.4 Å². The SMILES string of the molecule is C=CCNC(=O)N1CCC(C(=O)Nc2nc(C)cs2)CC1. The number of aryl methyl sites for hydroxylation is 1. The molecule has 1 aliphatic rings. The Morgan fingerprint density at radius 1 is 1.52 bits per heavy atom. The number of hydrogen-bond donors (Lipinski definition) is 2. The molecular formula is C14H20N4O2S. The molecule has 21 heavy (non-hydrogen) atoms. The van der Waals surface area contributed by atoms with Crippen LogP contribution >= 0.6 is 11.3 Å². The van der Waals surface area contributed by atoms with E-state index >= 15 is 0 Å². The fraction of sp³-hybridized carbons (Fsp3) is 0.500.